The number of esters is 2. The normalized spacial score (nSPS) is 16.2. The van der Waals surface area contributed by atoms with Gasteiger partial charge >= 0.3 is 17.9 Å². The van der Waals surface area contributed by atoms with E-state index in [1.807, 2.05) is 0 Å². The van der Waals surface area contributed by atoms with E-state index in [-0.39, 0.29) is 18.7 Å². The lowest BCUT2D eigenvalue weighted by atomic mass is 10.2. The molecule has 1 saturated heterocycles. The number of aliphatic imine (C=N–C) groups is 1. The predicted molar refractivity (Wildman–Crippen MR) is 114 cm³/mol. The van der Waals surface area contributed by atoms with Gasteiger partial charge in [0.25, 0.3) is 0 Å². The number of nitrogens with one attached hydrogen (secondary N) is 1. The zero-order valence-corrected chi connectivity index (χ0v) is 18.1. The Balaban J connectivity index is 1.54. The summed E-state index contributed by atoms with van der Waals surface area (Å²) >= 11 is 0. The summed E-state index contributed by atoms with van der Waals surface area (Å²) in [5.41, 5.74) is 1.98. The first-order valence-electron chi connectivity index (χ1n) is 10.2. The number of ether oxygens (including phenoxy) is 2. The Morgan fingerprint density at radius 1 is 1.09 bits per heavy atom. The SMILES string of the molecule is C[C@H](OC(=O)[C@H](C)OC(=O)CCC(=O)N1CCN/C1=N/c1ccc2nccnc2c1)C(=O)O. The average molecular weight is 457 g/mol. The van der Waals surface area contributed by atoms with Crippen molar-refractivity contribution in [1.82, 2.24) is 20.2 Å². The number of carbonyl (C=O) groups excluding carboxylic acids is 3. The Morgan fingerprint density at radius 3 is 2.55 bits per heavy atom. The third-order valence-electron chi connectivity index (χ3n) is 4.69. The highest BCUT2D eigenvalue weighted by molar-refractivity contribution is 6.00. The maximum Gasteiger partial charge on any atom is 0.347 e. The molecule has 1 aromatic heterocycles. The molecule has 3 rings (SSSR count). The maximum atomic E-state index is 12.6. The molecule has 1 amide bonds. The van der Waals surface area contributed by atoms with Gasteiger partial charge in [-0.15, -0.1) is 0 Å². The number of aromatic nitrogens is 2. The molecule has 0 bridgehead atoms. The lowest BCUT2D eigenvalue weighted by Crippen LogP contribution is -2.36. The van der Waals surface area contributed by atoms with Gasteiger partial charge in [-0.25, -0.2) is 14.6 Å². The van der Waals surface area contributed by atoms with Crippen LogP contribution in [0.2, 0.25) is 0 Å². The van der Waals surface area contributed by atoms with Gasteiger partial charge in [-0.05, 0) is 32.0 Å². The van der Waals surface area contributed by atoms with Crippen LogP contribution >= 0.6 is 0 Å². The fourth-order valence-corrected chi connectivity index (χ4v) is 2.94. The Morgan fingerprint density at radius 2 is 1.82 bits per heavy atom. The first-order valence-corrected chi connectivity index (χ1v) is 10.2. The number of guanidine groups is 1. The molecule has 0 saturated carbocycles. The van der Waals surface area contributed by atoms with Crippen molar-refractivity contribution in [3.05, 3.63) is 30.6 Å². The van der Waals surface area contributed by atoms with Gasteiger partial charge in [0, 0.05) is 31.9 Å². The van der Waals surface area contributed by atoms with Crippen molar-refractivity contribution in [2.24, 2.45) is 4.99 Å². The van der Waals surface area contributed by atoms with Gasteiger partial charge in [-0.1, -0.05) is 0 Å². The summed E-state index contributed by atoms with van der Waals surface area (Å²) in [4.78, 5) is 61.5. The van der Waals surface area contributed by atoms with E-state index in [1.165, 1.54) is 18.7 Å². The van der Waals surface area contributed by atoms with Crippen LogP contribution < -0.4 is 5.32 Å². The molecule has 2 N–H and O–H groups in total. The second-order valence-corrected chi connectivity index (χ2v) is 7.19. The minimum absolute atomic E-state index is 0.157. The maximum absolute atomic E-state index is 12.6. The molecule has 1 aliphatic heterocycles. The van der Waals surface area contributed by atoms with Crippen molar-refractivity contribution in [3.63, 3.8) is 0 Å². The van der Waals surface area contributed by atoms with Crippen molar-refractivity contribution in [2.45, 2.75) is 38.9 Å². The number of aliphatic carboxylic acids is 1. The van der Waals surface area contributed by atoms with Crippen LogP contribution in [-0.2, 0) is 28.7 Å². The molecule has 2 atom stereocenters. The highest BCUT2D eigenvalue weighted by Gasteiger charge is 2.27. The fourth-order valence-electron chi connectivity index (χ4n) is 2.94. The highest BCUT2D eigenvalue weighted by Crippen LogP contribution is 2.19. The molecule has 0 unspecified atom stereocenters. The molecule has 33 heavy (non-hydrogen) atoms. The van der Waals surface area contributed by atoms with Gasteiger partial charge in [0.2, 0.25) is 11.9 Å². The van der Waals surface area contributed by atoms with E-state index in [4.69, 9.17) is 9.84 Å². The number of hydrogen-bond donors (Lipinski definition) is 2. The summed E-state index contributed by atoms with van der Waals surface area (Å²) in [6.07, 6.45) is 0.0927. The van der Waals surface area contributed by atoms with Crippen molar-refractivity contribution < 1.29 is 33.8 Å². The number of hydrogen-bond acceptors (Lipinski definition) is 9. The van der Waals surface area contributed by atoms with Crippen molar-refractivity contribution in [1.29, 1.82) is 0 Å². The number of rotatable bonds is 8. The van der Waals surface area contributed by atoms with Gasteiger partial charge < -0.3 is 19.9 Å². The number of amides is 1. The Kier molecular flexibility index (Phi) is 7.49. The summed E-state index contributed by atoms with van der Waals surface area (Å²) in [6.45, 7) is 3.34. The van der Waals surface area contributed by atoms with E-state index in [2.05, 4.69) is 25.0 Å². The fraction of sp³-hybridized carbons (Fsp3) is 0.381. The molecule has 0 radical (unpaired) electrons. The van der Waals surface area contributed by atoms with Crippen LogP contribution in [0.3, 0.4) is 0 Å². The zero-order valence-electron chi connectivity index (χ0n) is 18.1. The lowest BCUT2D eigenvalue weighted by Gasteiger charge is -2.17. The van der Waals surface area contributed by atoms with E-state index < -0.39 is 30.1 Å². The molecule has 174 valence electrons. The van der Waals surface area contributed by atoms with Gasteiger partial charge in [-0.3, -0.25) is 24.5 Å². The van der Waals surface area contributed by atoms with Gasteiger partial charge in [0.1, 0.15) is 0 Å². The number of carboxylic acids is 1. The number of carboxylic acid groups (broad SMARTS) is 1. The minimum atomic E-state index is -1.37. The molecule has 12 heteroatoms. The predicted octanol–water partition coefficient (Wildman–Crippen LogP) is 0.777. The minimum Gasteiger partial charge on any atom is -0.479 e. The number of benzene rings is 1. The first-order chi connectivity index (χ1) is 15.7. The smallest absolute Gasteiger partial charge is 0.347 e. The number of carbonyl (C=O) groups is 4. The van der Waals surface area contributed by atoms with E-state index in [9.17, 15) is 19.2 Å². The summed E-state index contributed by atoms with van der Waals surface area (Å²) in [7, 11) is 0. The van der Waals surface area contributed by atoms with Crippen LogP contribution in [0.25, 0.3) is 11.0 Å². The van der Waals surface area contributed by atoms with Crippen LogP contribution in [0, 0.1) is 0 Å². The van der Waals surface area contributed by atoms with E-state index in [0.717, 1.165) is 5.52 Å². The van der Waals surface area contributed by atoms with Crippen molar-refractivity contribution >= 4 is 46.5 Å². The number of fused-ring (bicyclic) bond motifs is 1. The largest absolute Gasteiger partial charge is 0.479 e. The molecule has 0 aliphatic carbocycles. The Bertz CT molecular complexity index is 1100. The summed E-state index contributed by atoms with van der Waals surface area (Å²) in [6, 6.07) is 5.29. The second kappa shape index (κ2) is 10.5. The molecule has 1 fully saturated rings. The molecule has 0 spiro atoms. The number of nitrogens with zero attached hydrogens (tertiary/aromatic N) is 4. The molecule has 1 aromatic carbocycles. The quantitative estimate of drug-likeness (QED) is 0.542. The Hall–Kier alpha value is -4.09. The van der Waals surface area contributed by atoms with E-state index in [0.29, 0.717) is 30.3 Å². The van der Waals surface area contributed by atoms with E-state index in [1.54, 1.807) is 30.6 Å². The molecule has 12 nitrogen and oxygen atoms in total. The molecule has 2 aromatic rings. The first kappa shape index (κ1) is 23.6. The summed E-state index contributed by atoms with van der Waals surface area (Å²) < 4.78 is 9.59. The van der Waals surface area contributed by atoms with Crippen molar-refractivity contribution in [3.8, 4) is 0 Å². The average Bonchev–Trinajstić information content (AvgIpc) is 3.25. The van der Waals surface area contributed by atoms with Gasteiger partial charge in [-0.2, -0.15) is 0 Å². The Labute approximate surface area is 188 Å². The molecule has 1 aliphatic rings. The van der Waals surface area contributed by atoms with Gasteiger partial charge in [0.15, 0.2) is 12.2 Å². The molecule has 2 heterocycles. The van der Waals surface area contributed by atoms with Crippen LogP contribution in [0.1, 0.15) is 26.7 Å². The lowest BCUT2D eigenvalue weighted by molar-refractivity contribution is -0.175. The van der Waals surface area contributed by atoms with E-state index >= 15 is 0 Å². The van der Waals surface area contributed by atoms with Gasteiger partial charge in [0.05, 0.1) is 23.1 Å². The van der Waals surface area contributed by atoms with Crippen LogP contribution in [0.5, 0.6) is 0 Å². The van der Waals surface area contributed by atoms with Crippen molar-refractivity contribution in [2.75, 3.05) is 13.1 Å². The zero-order chi connectivity index (χ0) is 24.0. The third-order valence-corrected chi connectivity index (χ3v) is 4.69. The molecular formula is C21H23N5O7. The van der Waals surface area contributed by atoms with Crippen LogP contribution in [0.4, 0.5) is 5.69 Å². The topological polar surface area (TPSA) is 160 Å². The van der Waals surface area contributed by atoms with Crippen LogP contribution in [-0.4, -0.2) is 75.0 Å². The summed E-state index contributed by atoms with van der Waals surface area (Å²) in [5, 5.41) is 11.8. The monoisotopic (exact) mass is 457 g/mol. The van der Waals surface area contributed by atoms with Crippen LogP contribution in [0.15, 0.2) is 35.6 Å². The highest BCUT2D eigenvalue weighted by atomic mass is 16.6. The second-order valence-electron chi connectivity index (χ2n) is 7.19. The molecular weight excluding hydrogens is 434 g/mol. The summed E-state index contributed by atoms with van der Waals surface area (Å²) in [5.74, 6) is -3.07. The standard InChI is InChI=1S/C21H23N5O7/c1-12(19(29)30)33-20(31)13(2)32-18(28)6-5-17(27)26-10-9-24-21(26)25-14-3-4-15-16(11-14)23-8-7-22-15/h3-4,7-8,11-13H,5-6,9-10H2,1-2H3,(H,24,25)(H,29,30)/t12-,13-/m0/s1. The third kappa shape index (κ3) is 6.21.